The highest BCUT2D eigenvalue weighted by Crippen LogP contribution is 2.28. The van der Waals surface area contributed by atoms with Gasteiger partial charge in [0.2, 0.25) is 0 Å². The summed E-state index contributed by atoms with van der Waals surface area (Å²) in [5, 5.41) is 16.1. The monoisotopic (exact) mass is 2060 g/mol. The van der Waals surface area contributed by atoms with Gasteiger partial charge in [0.15, 0.2) is 0 Å². The second kappa shape index (κ2) is 86.9. The molecule has 3 unspecified atom stereocenters. The molecule has 34 heteroatoms. The van der Waals surface area contributed by atoms with Crippen LogP contribution in [0.25, 0.3) is 0 Å². The van der Waals surface area contributed by atoms with Crippen molar-refractivity contribution in [2.75, 3.05) is 134 Å². The van der Waals surface area contributed by atoms with E-state index in [-0.39, 0.29) is 111 Å². The maximum absolute atomic E-state index is 11.8. The van der Waals surface area contributed by atoms with Crippen molar-refractivity contribution in [2.24, 2.45) is 55.7 Å². The quantitative estimate of drug-likeness (QED) is 0.0204. The Hall–Kier alpha value is -8.21. The Bertz CT molecular complexity index is 3280. The van der Waals surface area contributed by atoms with Gasteiger partial charge in [-0.25, -0.2) is 14.4 Å². The minimum atomic E-state index is -2.63. The molecule has 3 amide bonds. The number of benzene rings is 1. The topological polar surface area (TPSA) is 420 Å². The molecule has 0 aliphatic rings. The predicted octanol–water partition coefficient (Wildman–Crippen LogP) is 23.1. The Morgan fingerprint density at radius 1 is 0.315 bits per heavy atom. The molecule has 0 spiro atoms. The van der Waals surface area contributed by atoms with Gasteiger partial charge in [-0.05, 0) is 256 Å². The number of likely N-dealkylation sites (N-methyl/N-ethyl adjacent to an activating group) is 1. The Labute approximate surface area is 865 Å². The van der Waals surface area contributed by atoms with E-state index >= 15 is 0 Å². The Morgan fingerprint density at radius 3 is 0.804 bits per heavy atom. The van der Waals surface area contributed by atoms with Gasteiger partial charge in [0.05, 0.1) is 110 Å². The van der Waals surface area contributed by atoms with Crippen molar-refractivity contribution in [1.82, 2.24) is 20.9 Å². The molecule has 1 rings (SSSR count). The molecule has 1 aromatic rings. The van der Waals surface area contributed by atoms with Crippen molar-refractivity contribution in [3.8, 4) is 0 Å². The molecule has 0 fully saturated rings. The first-order chi connectivity index (χ1) is 67.1. The standard InChI is InChI=1S/3C23H43NO6.C13H18O2.C11H24O5Si.C10H21NO2.C6H12O2/c3*1-6-9-13-19(7-2)18-30-20(25)14-11-10-12-16-29-22(27)24-15-17-28-21(26)23(4,5)8-3;1-4-13(2,3)12(14)15-10-11-8-6-5-7-9-11;1-7-11(2,3)10(12)16-8-9-17(13-4,14-5)15-6;1-6-10(2,3)9(12)13-8-7-11(4)5;1-4-6(2,3)5(7)8/h3*19H,6-18H2,1-5H3,(H,24,27);5-9H,4,10H2,1-3H3;7-9H2,1-6H3;6-8H2,1-5H3;4H2,1-3H3,(H,7,8). The van der Waals surface area contributed by atoms with Gasteiger partial charge >= 0.3 is 86.8 Å². The van der Waals surface area contributed by atoms with Crippen molar-refractivity contribution in [3.63, 3.8) is 0 Å². The van der Waals surface area contributed by atoms with Crippen molar-refractivity contribution >= 4 is 86.8 Å². The van der Waals surface area contributed by atoms with Gasteiger partial charge in [-0.3, -0.25) is 47.9 Å². The van der Waals surface area contributed by atoms with Gasteiger partial charge in [-0.2, -0.15) is 0 Å². The molecule has 0 aliphatic heterocycles. The largest absolute Gasteiger partial charge is 0.503 e. The van der Waals surface area contributed by atoms with E-state index in [9.17, 15) is 62.3 Å². The maximum Gasteiger partial charge on any atom is 0.503 e. The second-order valence-electron chi connectivity index (χ2n) is 40.5. The van der Waals surface area contributed by atoms with Crippen LogP contribution in [0, 0.1) is 55.7 Å². The van der Waals surface area contributed by atoms with Gasteiger partial charge in [0.25, 0.3) is 0 Å². The molecule has 0 aliphatic carbocycles. The molecule has 838 valence electrons. The van der Waals surface area contributed by atoms with E-state index < -0.39 is 60.1 Å². The zero-order valence-corrected chi connectivity index (χ0v) is 96.4. The molecule has 0 bridgehead atoms. The number of alkyl carbamates (subject to hydrolysis) is 3. The number of esters is 9. The highest BCUT2D eigenvalue weighted by Gasteiger charge is 2.39. The summed E-state index contributed by atoms with van der Waals surface area (Å²) in [5.74, 6) is -1.04. The Morgan fingerprint density at radius 2 is 0.573 bits per heavy atom. The zero-order chi connectivity index (χ0) is 111. The third-order valence-corrected chi connectivity index (χ3v) is 28.0. The number of nitrogens with one attached hydrogen (secondary N) is 3. The lowest BCUT2D eigenvalue weighted by Gasteiger charge is -2.25. The fraction of sp³-hybridized carbons (Fsp3) is 0.826. The van der Waals surface area contributed by atoms with E-state index in [2.05, 4.69) is 57.5 Å². The number of ether oxygens (including phenoxy) is 12. The molecule has 1 aromatic carbocycles. The summed E-state index contributed by atoms with van der Waals surface area (Å²) in [5.41, 5.74) is -2.23. The van der Waals surface area contributed by atoms with Crippen molar-refractivity contribution in [2.45, 2.75) is 399 Å². The SMILES string of the molecule is CCC(C)(C)C(=O)O.CCC(C)(C)C(=O)OCCN(C)C.CCC(C)(C)C(=O)OCC[Si](OC)(OC)OC.CCC(C)(C)C(=O)OCc1ccccc1.CCCCC(CC)COC(=O)CCCCCOC(=O)NCCOC(=O)C(C)(C)CC.CCCCC(CC)COC(=O)CCCCCOC(=O)NCCOC(=O)C(C)(C)CC.CCCCC(CC)COC(=O)CCCCCOC(=O)NCCOC(=O)C(C)(C)CC. The number of aliphatic carboxylic acids is 1. The predicted molar refractivity (Wildman–Crippen MR) is 564 cm³/mol. The van der Waals surface area contributed by atoms with Crippen molar-refractivity contribution in [1.29, 1.82) is 0 Å². The van der Waals surface area contributed by atoms with E-state index in [1.165, 1.54) is 40.6 Å². The van der Waals surface area contributed by atoms with Crippen LogP contribution in [0.4, 0.5) is 14.4 Å². The van der Waals surface area contributed by atoms with Crippen LogP contribution in [0.3, 0.4) is 0 Å². The number of unbranched alkanes of at least 4 members (excludes halogenated alkanes) is 9. The van der Waals surface area contributed by atoms with Crippen LogP contribution in [0.5, 0.6) is 0 Å². The zero-order valence-electron chi connectivity index (χ0n) is 95.4. The van der Waals surface area contributed by atoms with Gasteiger partial charge in [-0.15, -0.1) is 0 Å². The number of carbonyl (C=O) groups is 13. The normalized spacial score (nSPS) is 12.0. The Balaban J connectivity index is -0.000000397. The van der Waals surface area contributed by atoms with E-state index in [4.69, 9.17) is 75.2 Å². The van der Waals surface area contributed by atoms with Gasteiger partial charge < -0.3 is 96.1 Å². The van der Waals surface area contributed by atoms with Crippen molar-refractivity contribution < 1.29 is 138 Å². The number of carboxylic acids is 1. The summed E-state index contributed by atoms with van der Waals surface area (Å²) in [6.45, 7) is 57.5. The number of nitrogens with zero attached hydrogens (tertiary/aromatic N) is 1. The first kappa shape index (κ1) is 145. The fourth-order valence-electron chi connectivity index (χ4n) is 10.8. The molecule has 0 radical (unpaired) electrons. The molecule has 4 N–H and O–H groups in total. The van der Waals surface area contributed by atoms with E-state index in [0.717, 1.165) is 128 Å². The average molecular weight is 2060 g/mol. The summed E-state index contributed by atoms with van der Waals surface area (Å²) in [6, 6.07) is 10.2. The summed E-state index contributed by atoms with van der Waals surface area (Å²) >= 11 is 0. The molecular formula is C109H204N4O29Si. The molecule has 0 aromatic heterocycles. The van der Waals surface area contributed by atoms with Gasteiger partial charge in [-0.1, -0.05) is 178 Å². The number of rotatable bonds is 70. The minimum absolute atomic E-state index is 0.100. The summed E-state index contributed by atoms with van der Waals surface area (Å²) in [4.78, 5) is 153. The van der Waals surface area contributed by atoms with Crippen LogP contribution < -0.4 is 16.0 Å². The van der Waals surface area contributed by atoms with Crippen LogP contribution in [0.15, 0.2) is 30.3 Å². The summed E-state index contributed by atoms with van der Waals surface area (Å²) in [6.07, 6.45) is 24.7. The first-order valence-corrected chi connectivity index (χ1v) is 54.9. The van der Waals surface area contributed by atoms with Crippen LogP contribution in [-0.4, -0.2) is 231 Å². The van der Waals surface area contributed by atoms with Crippen LogP contribution in [0.1, 0.15) is 392 Å². The number of carbonyl (C=O) groups excluding carboxylic acids is 12. The van der Waals surface area contributed by atoms with E-state index in [1.807, 2.05) is 181 Å². The lowest BCUT2D eigenvalue weighted by Crippen LogP contribution is -2.44. The van der Waals surface area contributed by atoms with Crippen LogP contribution >= 0.6 is 0 Å². The number of hydrogen-bond donors (Lipinski definition) is 4. The maximum atomic E-state index is 11.8. The van der Waals surface area contributed by atoms with Crippen LogP contribution in [0.2, 0.25) is 6.04 Å². The second-order valence-corrected chi connectivity index (χ2v) is 43.6. The average Bonchev–Trinajstić information content (AvgIpc) is 0.866. The molecule has 0 heterocycles. The smallest absolute Gasteiger partial charge is 0.481 e. The first-order valence-electron chi connectivity index (χ1n) is 52.9. The molecule has 33 nitrogen and oxygen atoms in total. The Kier molecular flexibility index (Phi) is 88.4. The van der Waals surface area contributed by atoms with Gasteiger partial charge in [0, 0.05) is 47.1 Å². The van der Waals surface area contributed by atoms with Crippen LogP contribution in [-0.2, 0) is 125 Å². The molecule has 0 saturated carbocycles. The highest BCUT2D eigenvalue weighted by molar-refractivity contribution is 6.60. The van der Waals surface area contributed by atoms with E-state index in [0.29, 0.717) is 141 Å². The minimum Gasteiger partial charge on any atom is -0.481 e. The lowest BCUT2D eigenvalue weighted by molar-refractivity contribution is -0.156. The fourth-order valence-corrected chi connectivity index (χ4v) is 12.2. The van der Waals surface area contributed by atoms with Crippen molar-refractivity contribution in [3.05, 3.63) is 35.9 Å². The van der Waals surface area contributed by atoms with E-state index in [1.54, 1.807) is 13.8 Å². The summed E-state index contributed by atoms with van der Waals surface area (Å²) in [7, 11) is 5.90. The molecule has 0 saturated heterocycles. The van der Waals surface area contributed by atoms with Gasteiger partial charge in [0.1, 0.15) is 33.0 Å². The molecule has 143 heavy (non-hydrogen) atoms. The lowest BCUT2D eigenvalue weighted by atomic mass is 9.91. The third-order valence-electron chi connectivity index (χ3n) is 25.3. The number of carboxylic acid groups (broad SMARTS) is 1. The third kappa shape index (κ3) is 79.7. The molecule has 3 atom stereocenters. The number of hydrogen-bond acceptors (Lipinski definition) is 29. The number of amides is 3. The summed E-state index contributed by atoms with van der Waals surface area (Å²) < 4.78 is 78.0. The highest BCUT2D eigenvalue weighted by atomic mass is 28.4. The molecular weight excluding hydrogens is 1860 g/mol.